The number of rotatable bonds is 3. The van der Waals surface area contributed by atoms with E-state index in [4.69, 9.17) is 0 Å². The van der Waals surface area contributed by atoms with Gasteiger partial charge in [-0.15, -0.1) is 0 Å². The number of hydrogen-bond donors (Lipinski definition) is 1. The van der Waals surface area contributed by atoms with Gasteiger partial charge in [0.05, 0.1) is 11.6 Å². The average Bonchev–Trinajstić information content (AvgIpc) is 2.33. The molecule has 1 atom stereocenters. The molecule has 0 aromatic heterocycles. The summed E-state index contributed by atoms with van der Waals surface area (Å²) in [6, 6.07) is 9.63. The molecule has 92 valence electrons. The van der Waals surface area contributed by atoms with Crippen molar-refractivity contribution in [3.05, 3.63) is 35.9 Å². The first-order valence-corrected chi connectivity index (χ1v) is 6.09. The van der Waals surface area contributed by atoms with Crippen LogP contribution in [0.1, 0.15) is 31.4 Å². The molecule has 1 aromatic rings. The number of likely N-dealkylation sites (tertiary alicyclic amines) is 1. The molecular weight excluding hydrogens is 214 g/mol. The molecule has 1 aromatic carbocycles. The van der Waals surface area contributed by atoms with Gasteiger partial charge < -0.3 is 9.90 Å². The summed E-state index contributed by atoms with van der Waals surface area (Å²) in [5.41, 5.74) is 0.463. The Bertz CT molecular complexity index is 365. The summed E-state index contributed by atoms with van der Waals surface area (Å²) in [4.78, 5) is 13.4. The molecule has 0 radical (unpaired) electrons. The summed E-state index contributed by atoms with van der Waals surface area (Å²) in [6.07, 6.45) is 2.45. The molecule has 2 rings (SSSR count). The van der Waals surface area contributed by atoms with Crippen LogP contribution in [-0.4, -0.2) is 35.0 Å². The number of carbonyl (C=O) groups is 1. The lowest BCUT2D eigenvalue weighted by atomic mass is 9.92. The van der Waals surface area contributed by atoms with Gasteiger partial charge in [0, 0.05) is 13.1 Å². The molecule has 0 aliphatic carbocycles. The third kappa shape index (κ3) is 2.93. The maximum Gasteiger partial charge on any atom is 0.141 e. The van der Waals surface area contributed by atoms with Gasteiger partial charge in [0.25, 0.3) is 0 Å². The summed E-state index contributed by atoms with van der Waals surface area (Å²) in [7, 11) is 0. The summed E-state index contributed by atoms with van der Waals surface area (Å²) in [6.45, 7) is 3.40. The normalized spacial score (nSPS) is 22.0. The SMILES string of the molecule is CC1(O)CCN([C@@H](C=O)c2ccccc2)CC1. The molecule has 17 heavy (non-hydrogen) atoms. The number of aldehydes is 1. The first kappa shape index (κ1) is 12.3. The molecule has 3 nitrogen and oxygen atoms in total. The Labute approximate surface area is 102 Å². The van der Waals surface area contributed by atoms with Crippen molar-refractivity contribution in [2.45, 2.75) is 31.4 Å². The Balaban J connectivity index is 2.08. The van der Waals surface area contributed by atoms with Crippen molar-refractivity contribution < 1.29 is 9.90 Å². The minimum atomic E-state index is -0.569. The van der Waals surface area contributed by atoms with Gasteiger partial charge in [-0.1, -0.05) is 30.3 Å². The first-order valence-electron chi connectivity index (χ1n) is 6.09. The van der Waals surface area contributed by atoms with E-state index in [9.17, 15) is 9.90 Å². The van der Waals surface area contributed by atoms with Crippen LogP contribution in [0.2, 0.25) is 0 Å². The van der Waals surface area contributed by atoms with E-state index in [-0.39, 0.29) is 6.04 Å². The van der Waals surface area contributed by atoms with Crippen molar-refractivity contribution in [3.8, 4) is 0 Å². The molecular formula is C14H19NO2. The van der Waals surface area contributed by atoms with Crippen molar-refractivity contribution in [2.24, 2.45) is 0 Å². The molecule has 1 aliphatic heterocycles. The maximum atomic E-state index is 11.3. The highest BCUT2D eigenvalue weighted by atomic mass is 16.3. The fourth-order valence-electron chi connectivity index (χ4n) is 2.31. The third-order valence-corrected chi connectivity index (χ3v) is 3.54. The second-order valence-electron chi connectivity index (χ2n) is 5.02. The second-order valence-corrected chi connectivity index (χ2v) is 5.02. The monoisotopic (exact) mass is 233 g/mol. The van der Waals surface area contributed by atoms with Crippen molar-refractivity contribution in [1.82, 2.24) is 4.90 Å². The number of benzene rings is 1. The summed E-state index contributed by atoms with van der Waals surface area (Å²) in [5, 5.41) is 9.90. The van der Waals surface area contributed by atoms with Crippen molar-refractivity contribution >= 4 is 6.29 Å². The smallest absolute Gasteiger partial charge is 0.141 e. The van der Waals surface area contributed by atoms with Crippen molar-refractivity contribution in [3.63, 3.8) is 0 Å². The molecule has 1 aliphatic rings. The Morgan fingerprint density at radius 3 is 2.41 bits per heavy atom. The number of carbonyl (C=O) groups excluding carboxylic acids is 1. The third-order valence-electron chi connectivity index (χ3n) is 3.54. The van der Waals surface area contributed by atoms with Crippen LogP contribution in [0.4, 0.5) is 0 Å². The highest BCUT2D eigenvalue weighted by molar-refractivity contribution is 5.61. The number of aliphatic hydroxyl groups is 1. The molecule has 1 N–H and O–H groups in total. The van der Waals surface area contributed by atoms with E-state index < -0.39 is 5.60 Å². The van der Waals surface area contributed by atoms with Crippen LogP contribution >= 0.6 is 0 Å². The van der Waals surface area contributed by atoms with E-state index >= 15 is 0 Å². The molecule has 0 amide bonds. The van der Waals surface area contributed by atoms with E-state index in [1.807, 2.05) is 37.3 Å². The van der Waals surface area contributed by atoms with E-state index in [0.717, 1.165) is 37.8 Å². The topological polar surface area (TPSA) is 40.5 Å². The maximum absolute atomic E-state index is 11.3. The zero-order valence-corrected chi connectivity index (χ0v) is 10.2. The van der Waals surface area contributed by atoms with Gasteiger partial charge in [-0.2, -0.15) is 0 Å². The highest BCUT2D eigenvalue weighted by Crippen LogP contribution is 2.27. The Kier molecular flexibility index (Phi) is 3.60. The molecule has 0 saturated carbocycles. The lowest BCUT2D eigenvalue weighted by molar-refractivity contribution is -0.114. The predicted octanol–water partition coefficient (Wildman–Crippen LogP) is 1.77. The molecule has 0 spiro atoms. The van der Waals surface area contributed by atoms with Crippen molar-refractivity contribution in [1.29, 1.82) is 0 Å². The standard InChI is InChI=1S/C14H19NO2/c1-14(17)7-9-15(10-8-14)13(11-16)12-5-3-2-4-6-12/h2-6,11,13,17H,7-10H2,1H3/t13-/m0/s1. The van der Waals surface area contributed by atoms with E-state index in [2.05, 4.69) is 4.90 Å². The second kappa shape index (κ2) is 4.98. The van der Waals surface area contributed by atoms with Crippen molar-refractivity contribution in [2.75, 3.05) is 13.1 Å². The lowest BCUT2D eigenvalue weighted by Crippen LogP contribution is -2.44. The Hall–Kier alpha value is -1.19. The largest absolute Gasteiger partial charge is 0.390 e. The van der Waals surface area contributed by atoms with Crippen LogP contribution in [0.5, 0.6) is 0 Å². The first-order chi connectivity index (χ1) is 8.12. The van der Waals surface area contributed by atoms with Crippen LogP contribution in [0.25, 0.3) is 0 Å². The number of hydrogen-bond acceptors (Lipinski definition) is 3. The van der Waals surface area contributed by atoms with Crippen LogP contribution in [0, 0.1) is 0 Å². The Morgan fingerprint density at radius 2 is 1.88 bits per heavy atom. The summed E-state index contributed by atoms with van der Waals surface area (Å²) >= 11 is 0. The van der Waals surface area contributed by atoms with Crippen LogP contribution in [-0.2, 0) is 4.79 Å². The van der Waals surface area contributed by atoms with Gasteiger partial charge in [0.1, 0.15) is 6.29 Å². The van der Waals surface area contributed by atoms with Gasteiger partial charge in [-0.3, -0.25) is 4.90 Å². The fourth-order valence-corrected chi connectivity index (χ4v) is 2.31. The summed E-state index contributed by atoms with van der Waals surface area (Å²) in [5.74, 6) is 0. The molecule has 3 heteroatoms. The number of piperidine rings is 1. The van der Waals surface area contributed by atoms with E-state index in [1.54, 1.807) is 0 Å². The van der Waals surface area contributed by atoms with Crippen LogP contribution < -0.4 is 0 Å². The van der Waals surface area contributed by atoms with Crippen LogP contribution in [0.3, 0.4) is 0 Å². The zero-order chi connectivity index (χ0) is 12.3. The fraction of sp³-hybridized carbons (Fsp3) is 0.500. The minimum absolute atomic E-state index is 0.174. The molecule has 0 unspecified atom stereocenters. The summed E-state index contributed by atoms with van der Waals surface area (Å²) < 4.78 is 0. The number of nitrogens with zero attached hydrogens (tertiary/aromatic N) is 1. The molecule has 0 bridgehead atoms. The highest BCUT2D eigenvalue weighted by Gasteiger charge is 2.31. The van der Waals surface area contributed by atoms with E-state index in [0.29, 0.717) is 0 Å². The zero-order valence-electron chi connectivity index (χ0n) is 10.2. The molecule has 1 saturated heterocycles. The van der Waals surface area contributed by atoms with Gasteiger partial charge in [0.15, 0.2) is 0 Å². The molecule has 1 heterocycles. The lowest BCUT2D eigenvalue weighted by Gasteiger charge is -2.38. The van der Waals surface area contributed by atoms with Gasteiger partial charge in [-0.25, -0.2) is 0 Å². The van der Waals surface area contributed by atoms with Crippen LogP contribution in [0.15, 0.2) is 30.3 Å². The average molecular weight is 233 g/mol. The Morgan fingerprint density at radius 1 is 1.29 bits per heavy atom. The quantitative estimate of drug-likeness (QED) is 0.809. The minimum Gasteiger partial charge on any atom is -0.390 e. The van der Waals surface area contributed by atoms with Gasteiger partial charge >= 0.3 is 0 Å². The predicted molar refractivity (Wildman–Crippen MR) is 66.7 cm³/mol. The van der Waals surface area contributed by atoms with E-state index in [1.165, 1.54) is 0 Å². The van der Waals surface area contributed by atoms with Gasteiger partial charge in [0.2, 0.25) is 0 Å². The molecule has 1 fully saturated rings. The van der Waals surface area contributed by atoms with Gasteiger partial charge in [-0.05, 0) is 25.3 Å².